The van der Waals surface area contributed by atoms with Crippen molar-refractivity contribution in [3.8, 4) is 6.07 Å². The number of nitrogens with one attached hydrogen (secondary N) is 1. The Morgan fingerprint density at radius 2 is 1.66 bits per heavy atom. The molecule has 3 amide bonds. The zero-order chi connectivity index (χ0) is 22.3. The van der Waals surface area contributed by atoms with E-state index >= 15 is 0 Å². The summed E-state index contributed by atoms with van der Waals surface area (Å²) >= 11 is 0. The summed E-state index contributed by atoms with van der Waals surface area (Å²) in [5.41, 5.74) is 4.84. The molecule has 162 valence electrons. The maximum atomic E-state index is 13.5. The number of amides is 3. The van der Waals surface area contributed by atoms with Crippen molar-refractivity contribution in [3.05, 3.63) is 83.4 Å². The van der Waals surface area contributed by atoms with Gasteiger partial charge in [0.25, 0.3) is 5.91 Å². The topological polar surface area (TPSA) is 76.4 Å². The van der Waals surface area contributed by atoms with Crippen molar-refractivity contribution >= 4 is 22.7 Å². The lowest BCUT2D eigenvalue weighted by atomic mass is 10.1. The van der Waals surface area contributed by atoms with E-state index in [1.54, 1.807) is 29.2 Å². The van der Waals surface area contributed by atoms with Crippen LogP contribution in [0.2, 0.25) is 0 Å². The first-order chi connectivity index (χ1) is 15.7. The lowest BCUT2D eigenvalue weighted by Crippen LogP contribution is -2.53. The first-order valence-corrected chi connectivity index (χ1v) is 11.0. The molecule has 1 aliphatic rings. The van der Waals surface area contributed by atoms with Crippen LogP contribution in [0, 0.1) is 11.3 Å². The molecule has 32 heavy (non-hydrogen) atoms. The third-order valence-corrected chi connectivity index (χ3v) is 5.76. The largest absolute Gasteiger partial charge is 0.341 e. The van der Waals surface area contributed by atoms with Gasteiger partial charge in [-0.15, -0.1) is 0 Å². The highest BCUT2D eigenvalue weighted by molar-refractivity contribution is 6.05. The van der Waals surface area contributed by atoms with Gasteiger partial charge in [0.1, 0.15) is 0 Å². The predicted octanol–water partition coefficient (Wildman–Crippen LogP) is 4.85. The Bertz CT molecular complexity index is 1160. The number of carbonyl (C=O) groups excluding carboxylic acids is 2. The van der Waals surface area contributed by atoms with Gasteiger partial charge in [-0.05, 0) is 53.4 Å². The molecule has 6 nitrogen and oxygen atoms in total. The Morgan fingerprint density at radius 1 is 0.906 bits per heavy atom. The molecule has 0 unspecified atom stereocenters. The first kappa shape index (κ1) is 21.5. The van der Waals surface area contributed by atoms with Gasteiger partial charge in [0.2, 0.25) is 0 Å². The zero-order valence-corrected chi connectivity index (χ0v) is 18.0. The second-order valence-electron chi connectivity index (χ2n) is 8.03. The van der Waals surface area contributed by atoms with Gasteiger partial charge in [0, 0.05) is 25.2 Å². The van der Waals surface area contributed by atoms with Crippen LogP contribution in [0.3, 0.4) is 0 Å². The highest BCUT2D eigenvalue weighted by Crippen LogP contribution is 2.18. The van der Waals surface area contributed by atoms with Crippen molar-refractivity contribution in [2.75, 3.05) is 13.1 Å². The molecule has 1 saturated heterocycles. The molecule has 3 aromatic carbocycles. The van der Waals surface area contributed by atoms with Crippen molar-refractivity contribution < 1.29 is 9.59 Å². The van der Waals surface area contributed by atoms with Crippen LogP contribution in [0.25, 0.3) is 10.8 Å². The van der Waals surface area contributed by atoms with Gasteiger partial charge < -0.3 is 4.90 Å². The fraction of sp³-hybridized carbons (Fsp3) is 0.269. The Balaban J connectivity index is 1.60. The van der Waals surface area contributed by atoms with Gasteiger partial charge in [0.15, 0.2) is 0 Å². The molecule has 0 radical (unpaired) electrons. The molecule has 0 bridgehead atoms. The highest BCUT2D eigenvalue weighted by Gasteiger charge is 2.28. The van der Waals surface area contributed by atoms with Crippen LogP contribution in [0.1, 0.15) is 47.2 Å². The smallest absolute Gasteiger partial charge is 0.323 e. The fourth-order valence-electron chi connectivity index (χ4n) is 4.00. The Hall–Kier alpha value is -3.69. The highest BCUT2D eigenvalue weighted by atomic mass is 16.2. The van der Waals surface area contributed by atoms with Crippen LogP contribution in [-0.2, 0) is 6.54 Å². The molecule has 0 aromatic heterocycles. The van der Waals surface area contributed by atoms with Crippen LogP contribution >= 0.6 is 0 Å². The third kappa shape index (κ3) is 4.96. The van der Waals surface area contributed by atoms with Crippen molar-refractivity contribution in [2.45, 2.75) is 32.2 Å². The molecule has 0 aliphatic carbocycles. The second-order valence-corrected chi connectivity index (χ2v) is 8.03. The molecule has 3 aromatic rings. The minimum atomic E-state index is -0.388. The van der Waals surface area contributed by atoms with Crippen molar-refractivity contribution in [1.82, 2.24) is 15.3 Å². The lowest BCUT2D eigenvalue weighted by molar-refractivity contribution is 0.0666. The summed E-state index contributed by atoms with van der Waals surface area (Å²) in [5, 5.41) is 12.3. The number of nitrogens with zero attached hydrogens (tertiary/aromatic N) is 3. The van der Waals surface area contributed by atoms with E-state index < -0.39 is 0 Å². The molecule has 4 rings (SSSR count). The molecule has 1 fully saturated rings. The zero-order valence-electron chi connectivity index (χ0n) is 18.0. The normalized spacial score (nSPS) is 13.9. The quantitative estimate of drug-likeness (QED) is 0.605. The van der Waals surface area contributed by atoms with Crippen LogP contribution in [0.5, 0.6) is 0 Å². The summed E-state index contributed by atoms with van der Waals surface area (Å²) in [5.74, 6) is -0.388. The van der Waals surface area contributed by atoms with Gasteiger partial charge in [-0.2, -0.15) is 10.3 Å². The Labute approximate surface area is 188 Å². The summed E-state index contributed by atoms with van der Waals surface area (Å²) in [7, 11) is 0. The van der Waals surface area contributed by atoms with Gasteiger partial charge in [0.05, 0.1) is 11.6 Å². The Kier molecular flexibility index (Phi) is 6.78. The number of carbonyl (C=O) groups is 2. The molecule has 0 spiro atoms. The average molecular weight is 427 g/mol. The first-order valence-electron chi connectivity index (χ1n) is 11.0. The van der Waals surface area contributed by atoms with Crippen molar-refractivity contribution in [2.24, 2.45) is 0 Å². The predicted molar refractivity (Wildman–Crippen MR) is 124 cm³/mol. The standard InChI is InChI=1S/C26H26N4O2/c27-18-20-8-7-9-21(16-20)19-28-30(26(32)29-14-5-1-2-6-15-29)25(31)24-13-12-22-10-3-4-11-23(22)17-24/h3-4,7-13,16-17,28H,1-2,5-6,14-15,19H2. The monoisotopic (exact) mass is 426 g/mol. The number of likely N-dealkylation sites (tertiary alicyclic amines) is 1. The SMILES string of the molecule is N#Cc1cccc(CNN(C(=O)c2ccc3ccccc3c2)C(=O)N2CCCCCC2)c1. The van der Waals surface area contributed by atoms with Gasteiger partial charge in [-0.3, -0.25) is 4.79 Å². The summed E-state index contributed by atoms with van der Waals surface area (Å²) in [6, 6.07) is 22.2. The van der Waals surface area contributed by atoms with Crippen molar-refractivity contribution in [1.29, 1.82) is 5.26 Å². The van der Waals surface area contributed by atoms with Crippen molar-refractivity contribution in [3.63, 3.8) is 0 Å². The van der Waals surface area contributed by atoms with Gasteiger partial charge >= 0.3 is 6.03 Å². The van der Waals surface area contributed by atoms with E-state index in [-0.39, 0.29) is 18.5 Å². The number of benzene rings is 3. The molecular formula is C26H26N4O2. The molecule has 0 atom stereocenters. The van der Waals surface area contributed by atoms with E-state index in [1.165, 1.54) is 0 Å². The summed E-state index contributed by atoms with van der Waals surface area (Å²) in [4.78, 5) is 28.6. The summed E-state index contributed by atoms with van der Waals surface area (Å²) < 4.78 is 0. The maximum absolute atomic E-state index is 13.5. The van der Waals surface area contributed by atoms with E-state index in [4.69, 9.17) is 5.26 Å². The van der Waals surface area contributed by atoms with Gasteiger partial charge in [-0.1, -0.05) is 55.3 Å². The number of hydrazine groups is 1. The summed E-state index contributed by atoms with van der Waals surface area (Å²) in [6.07, 6.45) is 4.06. The molecule has 0 saturated carbocycles. The lowest BCUT2D eigenvalue weighted by Gasteiger charge is -2.29. The minimum absolute atomic E-state index is 0.258. The molecule has 6 heteroatoms. The molecular weight excluding hydrogens is 400 g/mol. The number of hydrogen-bond donors (Lipinski definition) is 1. The van der Waals surface area contributed by atoms with Crippen LogP contribution in [-0.4, -0.2) is 34.9 Å². The molecule has 1 N–H and O–H groups in total. The van der Waals surface area contributed by atoms with E-state index in [1.807, 2.05) is 42.5 Å². The third-order valence-electron chi connectivity index (χ3n) is 5.76. The van der Waals surface area contributed by atoms with E-state index in [0.717, 1.165) is 47.0 Å². The van der Waals surface area contributed by atoms with E-state index in [9.17, 15) is 9.59 Å². The molecule has 1 heterocycles. The fourth-order valence-corrected chi connectivity index (χ4v) is 4.00. The van der Waals surface area contributed by atoms with Gasteiger partial charge in [-0.25, -0.2) is 10.2 Å². The maximum Gasteiger partial charge on any atom is 0.341 e. The number of hydrogen-bond acceptors (Lipinski definition) is 4. The van der Waals surface area contributed by atoms with Crippen LogP contribution in [0.4, 0.5) is 4.79 Å². The number of fused-ring (bicyclic) bond motifs is 1. The Morgan fingerprint density at radius 3 is 2.41 bits per heavy atom. The minimum Gasteiger partial charge on any atom is -0.323 e. The average Bonchev–Trinajstić information content (AvgIpc) is 3.13. The number of rotatable bonds is 4. The molecule has 1 aliphatic heterocycles. The number of nitriles is 1. The summed E-state index contributed by atoms with van der Waals surface area (Å²) in [6.45, 7) is 1.55. The van der Waals surface area contributed by atoms with E-state index in [2.05, 4.69) is 11.5 Å². The van der Waals surface area contributed by atoms with Crippen LogP contribution < -0.4 is 5.43 Å². The second kappa shape index (κ2) is 10.1. The number of urea groups is 1. The van der Waals surface area contributed by atoms with E-state index in [0.29, 0.717) is 24.2 Å². The number of imide groups is 1. The van der Waals surface area contributed by atoms with Crippen LogP contribution in [0.15, 0.2) is 66.7 Å².